The van der Waals surface area contributed by atoms with Gasteiger partial charge < -0.3 is 19.6 Å². The second-order valence-electron chi connectivity index (χ2n) is 5.36. The number of benzene rings is 1. The molecule has 5 heteroatoms. The largest absolute Gasteiger partial charge is 0.493 e. The Morgan fingerprint density at radius 3 is 2.76 bits per heavy atom. The zero-order chi connectivity index (χ0) is 15.0. The third kappa shape index (κ3) is 2.44. The summed E-state index contributed by atoms with van der Waals surface area (Å²) in [5, 5.41) is 0.693. The van der Waals surface area contributed by atoms with E-state index >= 15 is 0 Å². The molecule has 21 heavy (non-hydrogen) atoms. The molecular weight excluding hydrogens is 270 g/mol. The average Bonchev–Trinajstić information content (AvgIpc) is 3.29. The van der Waals surface area contributed by atoms with Crippen molar-refractivity contribution in [1.29, 1.82) is 0 Å². The van der Waals surface area contributed by atoms with Crippen LogP contribution in [0.1, 0.15) is 25.3 Å². The lowest BCUT2D eigenvalue weighted by Crippen LogP contribution is -2.11. The number of rotatable bonds is 5. The van der Waals surface area contributed by atoms with E-state index in [0.29, 0.717) is 52.7 Å². The summed E-state index contributed by atoms with van der Waals surface area (Å²) < 4.78 is 16.6. The topological polar surface area (TPSA) is 74.7 Å². The van der Waals surface area contributed by atoms with E-state index in [4.69, 9.17) is 19.6 Å². The van der Waals surface area contributed by atoms with Crippen LogP contribution < -0.4 is 20.8 Å². The Morgan fingerprint density at radius 1 is 1.38 bits per heavy atom. The molecule has 0 aliphatic heterocycles. The van der Waals surface area contributed by atoms with E-state index < -0.39 is 5.63 Å². The lowest BCUT2D eigenvalue weighted by Gasteiger charge is -2.14. The molecular formula is C16H19NO4. The highest BCUT2D eigenvalue weighted by Crippen LogP contribution is 2.39. The number of nitrogens with two attached hydrogens (primary N) is 1. The number of hydrogen-bond donors (Lipinski definition) is 1. The van der Waals surface area contributed by atoms with Gasteiger partial charge >= 0.3 is 5.63 Å². The van der Waals surface area contributed by atoms with Crippen molar-refractivity contribution in [2.75, 3.05) is 19.5 Å². The van der Waals surface area contributed by atoms with Crippen LogP contribution in [0.15, 0.2) is 21.3 Å². The zero-order valence-corrected chi connectivity index (χ0v) is 12.3. The van der Waals surface area contributed by atoms with Crippen LogP contribution in [0.2, 0.25) is 0 Å². The van der Waals surface area contributed by atoms with Crippen molar-refractivity contribution in [3.63, 3.8) is 0 Å². The molecule has 0 bridgehead atoms. The Balaban J connectivity index is 2.18. The number of nitrogen functional groups attached to an aromatic ring is 1. The normalized spacial score (nSPS) is 14.4. The lowest BCUT2D eigenvalue weighted by atomic mass is 10.1. The van der Waals surface area contributed by atoms with Crippen molar-refractivity contribution >= 4 is 16.7 Å². The summed E-state index contributed by atoms with van der Waals surface area (Å²) in [5.41, 5.74) is 7.02. The number of fused-ring (bicyclic) bond motifs is 1. The fraction of sp³-hybridized carbons (Fsp3) is 0.438. The quantitative estimate of drug-likeness (QED) is 0.857. The lowest BCUT2D eigenvalue weighted by molar-refractivity contribution is 0.279. The molecule has 1 aromatic heterocycles. The molecule has 2 aromatic rings. The van der Waals surface area contributed by atoms with E-state index in [2.05, 4.69) is 0 Å². The van der Waals surface area contributed by atoms with Gasteiger partial charge in [-0.15, -0.1) is 0 Å². The minimum Gasteiger partial charge on any atom is -0.493 e. The SMILES string of the molecule is CCc1c(N)c2ccc(OC)c(OCC3CC3)c2oc1=O. The van der Waals surface area contributed by atoms with Gasteiger partial charge in [-0.2, -0.15) is 0 Å². The highest BCUT2D eigenvalue weighted by Gasteiger charge is 2.24. The van der Waals surface area contributed by atoms with Gasteiger partial charge in [0.05, 0.1) is 25.0 Å². The Kier molecular flexibility index (Phi) is 3.49. The van der Waals surface area contributed by atoms with Gasteiger partial charge in [0.2, 0.25) is 5.75 Å². The molecule has 0 atom stereocenters. The van der Waals surface area contributed by atoms with Gasteiger partial charge in [0.25, 0.3) is 0 Å². The van der Waals surface area contributed by atoms with Crippen molar-refractivity contribution in [2.45, 2.75) is 26.2 Å². The molecule has 1 fully saturated rings. The van der Waals surface area contributed by atoms with E-state index in [0.717, 1.165) is 0 Å². The maximum absolute atomic E-state index is 12.0. The highest BCUT2D eigenvalue weighted by molar-refractivity contribution is 5.95. The molecule has 3 rings (SSSR count). The van der Waals surface area contributed by atoms with Gasteiger partial charge in [0.1, 0.15) is 0 Å². The van der Waals surface area contributed by atoms with Crippen LogP contribution in [-0.4, -0.2) is 13.7 Å². The predicted molar refractivity (Wildman–Crippen MR) is 81.0 cm³/mol. The molecule has 5 nitrogen and oxygen atoms in total. The highest BCUT2D eigenvalue weighted by atomic mass is 16.5. The Bertz CT molecular complexity index is 731. The first kappa shape index (κ1) is 13.8. The number of methoxy groups -OCH3 is 1. The van der Waals surface area contributed by atoms with Gasteiger partial charge in [-0.1, -0.05) is 6.92 Å². The summed E-state index contributed by atoms with van der Waals surface area (Å²) in [7, 11) is 1.56. The van der Waals surface area contributed by atoms with Gasteiger partial charge in [-0.25, -0.2) is 4.79 Å². The molecule has 0 amide bonds. The Morgan fingerprint density at radius 2 is 2.14 bits per heavy atom. The molecule has 112 valence electrons. The minimum atomic E-state index is -0.410. The van der Waals surface area contributed by atoms with E-state index in [1.807, 2.05) is 6.92 Å². The van der Waals surface area contributed by atoms with Crippen LogP contribution in [0.4, 0.5) is 5.69 Å². The molecule has 0 spiro atoms. The first-order chi connectivity index (χ1) is 10.2. The maximum atomic E-state index is 12.0. The predicted octanol–water partition coefficient (Wildman–Crippen LogP) is 2.74. The molecule has 2 N–H and O–H groups in total. The van der Waals surface area contributed by atoms with Crippen LogP contribution in [0.25, 0.3) is 11.0 Å². The fourth-order valence-electron chi connectivity index (χ4n) is 2.40. The minimum absolute atomic E-state index is 0.370. The molecule has 0 saturated heterocycles. The van der Waals surface area contributed by atoms with E-state index in [9.17, 15) is 4.79 Å². The van der Waals surface area contributed by atoms with Crippen LogP contribution in [0.3, 0.4) is 0 Å². The zero-order valence-electron chi connectivity index (χ0n) is 12.3. The van der Waals surface area contributed by atoms with E-state index in [1.165, 1.54) is 12.8 Å². The molecule has 1 aliphatic carbocycles. The molecule has 1 heterocycles. The van der Waals surface area contributed by atoms with Gasteiger partial charge in [-0.05, 0) is 37.3 Å². The fourth-order valence-corrected chi connectivity index (χ4v) is 2.40. The Labute approximate surface area is 122 Å². The number of hydrogen-bond acceptors (Lipinski definition) is 5. The second-order valence-corrected chi connectivity index (χ2v) is 5.36. The van der Waals surface area contributed by atoms with Gasteiger partial charge in [0, 0.05) is 5.39 Å². The van der Waals surface area contributed by atoms with E-state index in [-0.39, 0.29) is 0 Å². The van der Waals surface area contributed by atoms with Crippen molar-refractivity contribution in [1.82, 2.24) is 0 Å². The maximum Gasteiger partial charge on any atom is 0.341 e. The molecule has 1 aromatic carbocycles. The molecule has 1 saturated carbocycles. The summed E-state index contributed by atoms with van der Waals surface area (Å²) in [6, 6.07) is 3.59. The number of ether oxygens (including phenoxy) is 2. The van der Waals surface area contributed by atoms with Crippen LogP contribution in [-0.2, 0) is 6.42 Å². The summed E-state index contributed by atoms with van der Waals surface area (Å²) >= 11 is 0. The van der Waals surface area contributed by atoms with Crippen molar-refractivity contribution in [2.24, 2.45) is 5.92 Å². The monoisotopic (exact) mass is 289 g/mol. The van der Waals surface area contributed by atoms with Gasteiger partial charge in [0.15, 0.2) is 11.3 Å². The summed E-state index contributed by atoms with van der Waals surface area (Å²) in [4.78, 5) is 12.0. The van der Waals surface area contributed by atoms with Crippen LogP contribution in [0.5, 0.6) is 11.5 Å². The Hall–Kier alpha value is -2.17. The molecule has 1 aliphatic rings. The van der Waals surface area contributed by atoms with Crippen molar-refractivity contribution in [3.05, 3.63) is 28.1 Å². The third-order valence-electron chi connectivity index (χ3n) is 3.87. The number of anilines is 1. The summed E-state index contributed by atoms with van der Waals surface area (Å²) in [6.45, 7) is 2.48. The van der Waals surface area contributed by atoms with Gasteiger partial charge in [-0.3, -0.25) is 0 Å². The summed E-state index contributed by atoms with van der Waals surface area (Å²) in [6.07, 6.45) is 2.90. The van der Waals surface area contributed by atoms with Crippen molar-refractivity contribution < 1.29 is 13.9 Å². The first-order valence-electron chi connectivity index (χ1n) is 7.20. The third-order valence-corrected chi connectivity index (χ3v) is 3.87. The smallest absolute Gasteiger partial charge is 0.341 e. The van der Waals surface area contributed by atoms with Crippen LogP contribution in [0, 0.1) is 5.92 Å². The second kappa shape index (κ2) is 5.31. The molecule has 0 unspecified atom stereocenters. The summed E-state index contributed by atoms with van der Waals surface area (Å²) in [5.74, 6) is 1.60. The van der Waals surface area contributed by atoms with E-state index in [1.54, 1.807) is 19.2 Å². The first-order valence-corrected chi connectivity index (χ1v) is 7.20. The standard InChI is InChI=1S/C16H19NO4/c1-3-10-13(17)11-6-7-12(19-2)15(14(11)21-16(10)18)20-8-9-4-5-9/h6-7,9H,3-5,8,17H2,1-2H3. The van der Waals surface area contributed by atoms with Crippen molar-refractivity contribution in [3.8, 4) is 11.5 Å². The molecule has 0 radical (unpaired) electrons. The van der Waals surface area contributed by atoms with Crippen LogP contribution >= 0.6 is 0 Å². The average molecular weight is 289 g/mol.